The SMILES string of the molecule is Cc1cc2cc(Cc3ccco3)ccc2o1. The third-order valence-corrected chi connectivity index (χ3v) is 2.66. The third kappa shape index (κ3) is 1.63. The highest BCUT2D eigenvalue weighted by atomic mass is 16.3. The summed E-state index contributed by atoms with van der Waals surface area (Å²) in [4.78, 5) is 0. The second kappa shape index (κ2) is 3.56. The molecule has 0 radical (unpaired) electrons. The van der Waals surface area contributed by atoms with Crippen LogP contribution < -0.4 is 0 Å². The predicted octanol–water partition coefficient (Wildman–Crippen LogP) is 3.93. The van der Waals surface area contributed by atoms with Crippen molar-refractivity contribution in [1.29, 1.82) is 0 Å². The second-order valence-corrected chi connectivity index (χ2v) is 3.99. The number of furan rings is 2. The summed E-state index contributed by atoms with van der Waals surface area (Å²) in [5, 5.41) is 1.15. The first kappa shape index (κ1) is 9.28. The Balaban J connectivity index is 1.98. The molecule has 80 valence electrons. The van der Waals surface area contributed by atoms with Crippen LogP contribution in [0.4, 0.5) is 0 Å². The van der Waals surface area contributed by atoms with Crippen LogP contribution in [0.2, 0.25) is 0 Å². The van der Waals surface area contributed by atoms with E-state index in [0.717, 1.165) is 28.9 Å². The van der Waals surface area contributed by atoms with Crippen LogP contribution in [-0.4, -0.2) is 0 Å². The average molecular weight is 212 g/mol. The van der Waals surface area contributed by atoms with E-state index in [1.54, 1.807) is 6.26 Å². The Bertz CT molecular complexity index is 603. The van der Waals surface area contributed by atoms with Crippen molar-refractivity contribution < 1.29 is 8.83 Å². The molecule has 0 aliphatic rings. The van der Waals surface area contributed by atoms with Crippen molar-refractivity contribution in [2.45, 2.75) is 13.3 Å². The summed E-state index contributed by atoms with van der Waals surface area (Å²) < 4.78 is 10.9. The van der Waals surface area contributed by atoms with Gasteiger partial charge in [-0.3, -0.25) is 0 Å². The minimum atomic E-state index is 0.827. The molecule has 0 aliphatic heterocycles. The van der Waals surface area contributed by atoms with Crippen molar-refractivity contribution >= 4 is 11.0 Å². The van der Waals surface area contributed by atoms with Gasteiger partial charge in [0, 0.05) is 11.8 Å². The summed E-state index contributed by atoms with van der Waals surface area (Å²) in [6, 6.07) is 12.2. The molecule has 0 bridgehead atoms. The second-order valence-electron chi connectivity index (χ2n) is 3.99. The topological polar surface area (TPSA) is 26.3 Å². The lowest BCUT2D eigenvalue weighted by molar-refractivity contribution is 0.521. The number of hydrogen-bond donors (Lipinski definition) is 0. The van der Waals surface area contributed by atoms with Crippen molar-refractivity contribution in [3.05, 3.63) is 59.7 Å². The van der Waals surface area contributed by atoms with E-state index in [-0.39, 0.29) is 0 Å². The minimum Gasteiger partial charge on any atom is -0.469 e. The molecule has 2 heteroatoms. The Morgan fingerprint density at radius 3 is 2.88 bits per heavy atom. The van der Waals surface area contributed by atoms with Gasteiger partial charge < -0.3 is 8.83 Å². The Kier molecular flexibility index (Phi) is 2.07. The highest BCUT2D eigenvalue weighted by Gasteiger charge is 2.03. The molecule has 3 rings (SSSR count). The maximum Gasteiger partial charge on any atom is 0.134 e. The number of hydrogen-bond acceptors (Lipinski definition) is 2. The summed E-state index contributed by atoms with van der Waals surface area (Å²) in [6.07, 6.45) is 2.53. The number of rotatable bonds is 2. The van der Waals surface area contributed by atoms with Gasteiger partial charge in [0.25, 0.3) is 0 Å². The van der Waals surface area contributed by atoms with Crippen LogP contribution in [0.25, 0.3) is 11.0 Å². The maximum atomic E-state index is 5.53. The normalized spacial score (nSPS) is 11.1. The first-order valence-electron chi connectivity index (χ1n) is 5.33. The molecule has 0 unspecified atom stereocenters. The zero-order valence-corrected chi connectivity index (χ0v) is 9.07. The molecule has 2 nitrogen and oxygen atoms in total. The zero-order chi connectivity index (χ0) is 11.0. The standard InChI is InChI=1S/C14H12O2/c1-10-7-12-8-11(4-5-14(12)16-10)9-13-3-2-6-15-13/h2-8H,9H2,1H3. The third-order valence-electron chi connectivity index (χ3n) is 2.66. The summed E-state index contributed by atoms with van der Waals surface area (Å²) in [7, 11) is 0. The lowest BCUT2D eigenvalue weighted by Crippen LogP contribution is -1.84. The van der Waals surface area contributed by atoms with Crippen LogP contribution in [0.3, 0.4) is 0 Å². The van der Waals surface area contributed by atoms with Crippen molar-refractivity contribution in [3.8, 4) is 0 Å². The van der Waals surface area contributed by atoms with Gasteiger partial charge in [0.05, 0.1) is 6.26 Å². The van der Waals surface area contributed by atoms with Crippen molar-refractivity contribution in [1.82, 2.24) is 0 Å². The van der Waals surface area contributed by atoms with Gasteiger partial charge >= 0.3 is 0 Å². The zero-order valence-electron chi connectivity index (χ0n) is 9.07. The molecule has 0 saturated heterocycles. The molecular weight excluding hydrogens is 200 g/mol. The first-order valence-corrected chi connectivity index (χ1v) is 5.33. The van der Waals surface area contributed by atoms with Crippen LogP contribution in [0.15, 0.2) is 51.5 Å². The first-order chi connectivity index (χ1) is 7.81. The van der Waals surface area contributed by atoms with E-state index in [2.05, 4.69) is 18.2 Å². The van der Waals surface area contributed by atoms with Crippen LogP contribution in [0.1, 0.15) is 17.1 Å². The molecule has 0 saturated carbocycles. The van der Waals surface area contributed by atoms with Gasteiger partial charge in [-0.15, -0.1) is 0 Å². The fourth-order valence-electron chi connectivity index (χ4n) is 1.95. The smallest absolute Gasteiger partial charge is 0.134 e. The highest BCUT2D eigenvalue weighted by molar-refractivity contribution is 5.78. The average Bonchev–Trinajstić information content (AvgIpc) is 2.85. The molecule has 2 heterocycles. The number of benzene rings is 1. The van der Waals surface area contributed by atoms with E-state index >= 15 is 0 Å². The molecular formula is C14H12O2. The largest absolute Gasteiger partial charge is 0.469 e. The molecule has 1 aromatic carbocycles. The van der Waals surface area contributed by atoms with E-state index in [4.69, 9.17) is 8.83 Å². The Labute approximate surface area is 93.5 Å². The fraction of sp³-hybridized carbons (Fsp3) is 0.143. The van der Waals surface area contributed by atoms with Crippen LogP contribution in [0.5, 0.6) is 0 Å². The molecule has 0 atom stereocenters. The summed E-state index contributed by atoms with van der Waals surface area (Å²) >= 11 is 0. The van der Waals surface area contributed by atoms with Gasteiger partial charge in [-0.05, 0) is 42.8 Å². The van der Waals surface area contributed by atoms with Gasteiger partial charge in [-0.2, -0.15) is 0 Å². The van der Waals surface area contributed by atoms with Gasteiger partial charge in [0.1, 0.15) is 17.1 Å². The summed E-state index contributed by atoms with van der Waals surface area (Å²) in [5.41, 5.74) is 2.18. The van der Waals surface area contributed by atoms with Crippen LogP contribution >= 0.6 is 0 Å². The van der Waals surface area contributed by atoms with E-state index in [9.17, 15) is 0 Å². The maximum absolute atomic E-state index is 5.53. The van der Waals surface area contributed by atoms with Crippen LogP contribution in [0, 0.1) is 6.92 Å². The van der Waals surface area contributed by atoms with E-state index < -0.39 is 0 Å². The molecule has 2 aromatic heterocycles. The molecule has 3 aromatic rings. The Hall–Kier alpha value is -1.96. The lowest BCUT2D eigenvalue weighted by atomic mass is 10.1. The van der Waals surface area contributed by atoms with Crippen LogP contribution in [-0.2, 0) is 6.42 Å². The molecule has 0 amide bonds. The van der Waals surface area contributed by atoms with E-state index in [1.165, 1.54) is 5.56 Å². The highest BCUT2D eigenvalue weighted by Crippen LogP contribution is 2.21. The molecule has 16 heavy (non-hydrogen) atoms. The lowest BCUT2D eigenvalue weighted by Gasteiger charge is -1.97. The predicted molar refractivity (Wildman–Crippen MR) is 62.5 cm³/mol. The molecule has 0 aliphatic carbocycles. The van der Waals surface area contributed by atoms with Crippen molar-refractivity contribution in [2.24, 2.45) is 0 Å². The van der Waals surface area contributed by atoms with Gasteiger partial charge in [-0.25, -0.2) is 0 Å². The van der Waals surface area contributed by atoms with Gasteiger partial charge in [-0.1, -0.05) is 6.07 Å². The van der Waals surface area contributed by atoms with E-state index in [0.29, 0.717) is 0 Å². The molecule has 0 N–H and O–H groups in total. The molecule has 0 spiro atoms. The Morgan fingerprint density at radius 2 is 2.06 bits per heavy atom. The van der Waals surface area contributed by atoms with Crippen molar-refractivity contribution in [2.75, 3.05) is 0 Å². The van der Waals surface area contributed by atoms with Crippen molar-refractivity contribution in [3.63, 3.8) is 0 Å². The summed E-state index contributed by atoms with van der Waals surface area (Å²) in [5.74, 6) is 1.93. The monoisotopic (exact) mass is 212 g/mol. The minimum absolute atomic E-state index is 0.827. The van der Waals surface area contributed by atoms with E-state index in [1.807, 2.05) is 25.1 Å². The number of fused-ring (bicyclic) bond motifs is 1. The van der Waals surface area contributed by atoms with Gasteiger partial charge in [0.2, 0.25) is 0 Å². The Morgan fingerprint density at radius 1 is 1.12 bits per heavy atom. The fourth-order valence-corrected chi connectivity index (χ4v) is 1.95. The molecule has 0 fully saturated rings. The number of aryl methyl sites for hydroxylation is 1. The van der Waals surface area contributed by atoms with Gasteiger partial charge in [0.15, 0.2) is 0 Å². The quantitative estimate of drug-likeness (QED) is 0.643. The summed E-state index contributed by atoms with van der Waals surface area (Å²) in [6.45, 7) is 1.96.